The first-order valence-corrected chi connectivity index (χ1v) is 15.2. The van der Waals surface area contributed by atoms with Gasteiger partial charge in [0.2, 0.25) is 11.8 Å². The maximum absolute atomic E-state index is 13.4. The summed E-state index contributed by atoms with van der Waals surface area (Å²) in [7, 11) is 2.09. The first kappa shape index (κ1) is 29.3. The molecule has 2 aliphatic rings. The van der Waals surface area contributed by atoms with Crippen LogP contribution in [0.3, 0.4) is 0 Å². The van der Waals surface area contributed by atoms with E-state index in [-0.39, 0.29) is 11.8 Å². The van der Waals surface area contributed by atoms with Gasteiger partial charge in [-0.2, -0.15) is 8.78 Å². The Kier molecular flexibility index (Phi) is 7.71. The molecule has 1 saturated heterocycles. The van der Waals surface area contributed by atoms with Crippen molar-refractivity contribution in [1.82, 2.24) is 19.8 Å². The van der Waals surface area contributed by atoms with E-state index in [0.717, 1.165) is 83.5 Å². The minimum Gasteiger partial charge on any atom is -0.441 e. The molecule has 0 radical (unpaired) electrons. The van der Waals surface area contributed by atoms with Crippen LogP contribution in [0.1, 0.15) is 41.0 Å². The van der Waals surface area contributed by atoms with Crippen molar-refractivity contribution in [3.05, 3.63) is 76.7 Å². The van der Waals surface area contributed by atoms with Crippen molar-refractivity contribution in [3.63, 3.8) is 0 Å². The number of halogens is 2. The third-order valence-corrected chi connectivity index (χ3v) is 9.07. The van der Waals surface area contributed by atoms with Gasteiger partial charge < -0.3 is 18.4 Å². The molecule has 3 aromatic carbocycles. The fraction of sp³-hybridized carbons (Fsp3) is 0.343. The van der Waals surface area contributed by atoms with E-state index in [1.165, 1.54) is 6.07 Å². The van der Waals surface area contributed by atoms with Crippen LogP contribution in [0.15, 0.2) is 57.4 Å². The van der Waals surface area contributed by atoms with Crippen LogP contribution in [0.4, 0.5) is 8.78 Å². The van der Waals surface area contributed by atoms with E-state index in [4.69, 9.17) is 23.5 Å². The highest BCUT2D eigenvalue weighted by molar-refractivity contribution is 5.84. The van der Waals surface area contributed by atoms with Gasteiger partial charge in [0.25, 0.3) is 0 Å². The molecule has 1 atom stereocenters. The zero-order valence-corrected chi connectivity index (χ0v) is 25.5. The van der Waals surface area contributed by atoms with Crippen molar-refractivity contribution in [2.45, 2.75) is 58.9 Å². The molecular formula is C35H34F2N4O4. The number of hydrogen-bond acceptors (Lipinski definition) is 8. The van der Waals surface area contributed by atoms with Crippen LogP contribution >= 0.6 is 0 Å². The maximum atomic E-state index is 13.4. The molecule has 0 N–H and O–H groups in total. The number of nitrogens with zero attached hydrogens (tertiary/aromatic N) is 4. The summed E-state index contributed by atoms with van der Waals surface area (Å²) in [5, 5.41) is 0. The average Bonchev–Trinajstić information content (AvgIpc) is 3.75. The molecule has 0 bridgehead atoms. The number of carbonyl (C=O) groups excluding carboxylic acids is 1. The Morgan fingerprint density at radius 3 is 2.36 bits per heavy atom. The molecule has 0 aliphatic carbocycles. The van der Waals surface area contributed by atoms with Gasteiger partial charge in [-0.15, -0.1) is 0 Å². The number of carbonyl (C=O) groups is 1. The molecule has 5 aromatic rings. The predicted molar refractivity (Wildman–Crippen MR) is 166 cm³/mol. The summed E-state index contributed by atoms with van der Waals surface area (Å²) in [5.74, 6) is 1.99. The van der Waals surface area contributed by atoms with E-state index in [1.54, 1.807) is 6.07 Å². The van der Waals surface area contributed by atoms with E-state index in [9.17, 15) is 13.6 Å². The number of hydrogen-bond donors (Lipinski definition) is 0. The Hall–Kier alpha value is -4.41. The molecule has 0 amide bonds. The monoisotopic (exact) mass is 612 g/mol. The maximum Gasteiger partial charge on any atom is 0.387 e. The summed E-state index contributed by atoms with van der Waals surface area (Å²) in [6.45, 7) is 3.84. The normalized spacial score (nSPS) is 17.3. The van der Waals surface area contributed by atoms with Crippen molar-refractivity contribution in [3.8, 4) is 39.8 Å². The van der Waals surface area contributed by atoms with Gasteiger partial charge in [0.05, 0.1) is 11.7 Å². The highest BCUT2D eigenvalue weighted by Gasteiger charge is 2.27. The van der Waals surface area contributed by atoms with Gasteiger partial charge in [0, 0.05) is 48.8 Å². The number of aromatic nitrogens is 2. The molecule has 7 rings (SSSR count). The summed E-state index contributed by atoms with van der Waals surface area (Å²) in [6.07, 6.45) is 3.39. The molecular weight excluding hydrogens is 578 g/mol. The number of ether oxygens (including phenoxy) is 1. The Bertz CT molecular complexity index is 1900. The Morgan fingerprint density at radius 2 is 1.67 bits per heavy atom. The second-order valence-electron chi connectivity index (χ2n) is 12.0. The van der Waals surface area contributed by atoms with E-state index < -0.39 is 6.61 Å². The zero-order chi connectivity index (χ0) is 31.2. The van der Waals surface area contributed by atoms with Crippen molar-refractivity contribution in [2.75, 3.05) is 20.1 Å². The molecule has 10 heteroatoms. The van der Waals surface area contributed by atoms with Crippen LogP contribution in [0.25, 0.3) is 45.1 Å². The number of likely N-dealkylation sites (tertiary alicyclic amines) is 1. The smallest absolute Gasteiger partial charge is 0.387 e. The first-order valence-electron chi connectivity index (χ1n) is 15.2. The number of fused-ring (bicyclic) bond motifs is 2. The molecule has 45 heavy (non-hydrogen) atoms. The molecule has 1 unspecified atom stereocenters. The molecule has 8 nitrogen and oxygen atoms in total. The van der Waals surface area contributed by atoms with Gasteiger partial charge in [-0.1, -0.05) is 24.3 Å². The molecule has 1 fully saturated rings. The van der Waals surface area contributed by atoms with Gasteiger partial charge in [-0.05, 0) is 80.7 Å². The second kappa shape index (κ2) is 11.8. The van der Waals surface area contributed by atoms with Crippen molar-refractivity contribution >= 4 is 17.4 Å². The Balaban J connectivity index is 1.25. The number of alkyl halides is 2. The number of oxazole rings is 2. The predicted octanol–water partition coefficient (Wildman–Crippen LogP) is 7.19. The second-order valence-corrected chi connectivity index (χ2v) is 12.0. The van der Waals surface area contributed by atoms with E-state index in [2.05, 4.69) is 31.0 Å². The molecule has 232 valence electrons. The van der Waals surface area contributed by atoms with Gasteiger partial charge in [0.15, 0.2) is 5.58 Å². The van der Waals surface area contributed by atoms with Gasteiger partial charge >= 0.3 is 6.61 Å². The van der Waals surface area contributed by atoms with Crippen molar-refractivity contribution in [1.29, 1.82) is 0 Å². The Morgan fingerprint density at radius 1 is 0.978 bits per heavy atom. The number of rotatable bonds is 8. The summed E-state index contributed by atoms with van der Waals surface area (Å²) >= 11 is 0. The molecule has 0 spiro atoms. The van der Waals surface area contributed by atoms with Crippen LogP contribution < -0.4 is 4.74 Å². The molecule has 4 heterocycles. The minimum absolute atomic E-state index is 0.0227. The minimum atomic E-state index is -3.00. The largest absolute Gasteiger partial charge is 0.441 e. The standard InChI is InChI=1S/C35H34F2N4O4/c1-20-24(25-9-5-11-27(21(25)2)34-39-29-18-40(3)14-12-30(29)43-34)8-4-10-26(20)33-38-28-15-22(17-41-13-6-7-23(41)19-42)31(45-35(36)37)16-32(28)44-33/h4-5,8-11,15-16,19,23,35H,6-7,12-14,17-18H2,1-3H3. The van der Waals surface area contributed by atoms with Gasteiger partial charge in [-0.3, -0.25) is 9.80 Å². The first-order chi connectivity index (χ1) is 21.8. The molecule has 2 aliphatic heterocycles. The Labute approximate surface area is 259 Å². The summed E-state index contributed by atoms with van der Waals surface area (Å²) in [5.41, 5.74) is 8.23. The van der Waals surface area contributed by atoms with E-state index in [0.29, 0.717) is 41.5 Å². The quantitative estimate of drug-likeness (QED) is 0.170. The van der Waals surface area contributed by atoms with E-state index >= 15 is 0 Å². The van der Waals surface area contributed by atoms with Crippen molar-refractivity contribution in [2.24, 2.45) is 0 Å². The fourth-order valence-electron chi connectivity index (χ4n) is 6.63. The molecule has 2 aromatic heterocycles. The van der Waals surface area contributed by atoms with E-state index in [1.807, 2.05) is 36.1 Å². The third kappa shape index (κ3) is 5.53. The number of benzene rings is 3. The zero-order valence-electron chi connectivity index (χ0n) is 25.5. The lowest BCUT2D eigenvalue weighted by atomic mass is 9.91. The lowest BCUT2D eigenvalue weighted by molar-refractivity contribution is -0.111. The van der Waals surface area contributed by atoms with Gasteiger partial charge in [0.1, 0.15) is 23.3 Å². The topological polar surface area (TPSA) is 84.8 Å². The highest BCUT2D eigenvalue weighted by atomic mass is 19.3. The van der Waals surface area contributed by atoms with Gasteiger partial charge in [-0.25, -0.2) is 9.97 Å². The third-order valence-electron chi connectivity index (χ3n) is 9.07. The fourth-order valence-corrected chi connectivity index (χ4v) is 6.63. The SMILES string of the molecule is Cc1c(-c2nc3c(o2)CCN(C)C3)cccc1-c1cccc(-c2nc3cc(CN4CCCC4C=O)c(OC(F)F)cc3o2)c1C. The van der Waals surface area contributed by atoms with Crippen LogP contribution in [-0.2, 0) is 24.3 Å². The van der Waals surface area contributed by atoms with Crippen molar-refractivity contribution < 1.29 is 27.1 Å². The summed E-state index contributed by atoms with van der Waals surface area (Å²) in [6, 6.07) is 15.1. The van der Waals surface area contributed by atoms with Crippen LogP contribution in [-0.4, -0.2) is 58.8 Å². The number of aldehydes is 1. The van der Waals surface area contributed by atoms with Crippen LogP contribution in [0, 0.1) is 13.8 Å². The lowest BCUT2D eigenvalue weighted by Gasteiger charge is -2.21. The van der Waals surface area contributed by atoms with Crippen LogP contribution in [0.5, 0.6) is 5.75 Å². The van der Waals surface area contributed by atoms with Crippen LogP contribution in [0.2, 0.25) is 0 Å². The summed E-state index contributed by atoms with van der Waals surface area (Å²) < 4.78 is 44.0. The lowest BCUT2D eigenvalue weighted by Crippen LogP contribution is -2.30. The average molecular weight is 613 g/mol. The number of likely N-dealkylation sites (N-methyl/N-ethyl adjacent to an activating group) is 1. The highest BCUT2D eigenvalue weighted by Crippen LogP contribution is 2.39. The summed E-state index contributed by atoms with van der Waals surface area (Å²) in [4.78, 5) is 25.4. The molecule has 0 saturated carbocycles.